The van der Waals surface area contributed by atoms with Gasteiger partial charge >= 0.3 is 6.18 Å². The SMILES string of the molecule is N#Cc1ccc(NC(=O)c2noc3cc(-c4ccc([N+](=O)[O-])cc4C(F)(F)F)c([N+](=O)[O-])cc23)c(-c2nnn[nH]2)c1. The van der Waals surface area contributed by atoms with Gasteiger partial charge in [-0.1, -0.05) is 5.16 Å². The number of nitro benzene ring substituents is 2. The highest BCUT2D eigenvalue weighted by atomic mass is 19.4. The Kier molecular flexibility index (Phi) is 6.31. The lowest BCUT2D eigenvalue weighted by atomic mass is 9.96. The number of carbonyl (C=O) groups excluding carboxylic acids is 1. The van der Waals surface area contributed by atoms with Crippen molar-refractivity contribution in [1.82, 2.24) is 25.8 Å². The largest absolute Gasteiger partial charge is 0.417 e. The smallest absolute Gasteiger partial charge is 0.355 e. The number of amides is 1. The summed E-state index contributed by atoms with van der Waals surface area (Å²) in [4.78, 5) is 34.1. The van der Waals surface area contributed by atoms with Crippen LogP contribution in [0.2, 0.25) is 0 Å². The first-order valence-electron chi connectivity index (χ1n) is 11.0. The van der Waals surface area contributed by atoms with Crippen molar-refractivity contribution in [2.24, 2.45) is 0 Å². The zero-order valence-electron chi connectivity index (χ0n) is 19.8. The molecule has 0 atom stereocenters. The van der Waals surface area contributed by atoms with Crippen LogP contribution in [0, 0.1) is 31.6 Å². The summed E-state index contributed by atoms with van der Waals surface area (Å²) in [7, 11) is 0. The maximum Gasteiger partial charge on any atom is 0.417 e. The van der Waals surface area contributed by atoms with Crippen molar-refractivity contribution in [3.63, 3.8) is 0 Å². The number of hydrogen-bond donors (Lipinski definition) is 2. The van der Waals surface area contributed by atoms with Crippen molar-refractivity contribution in [3.05, 3.63) is 85.6 Å². The zero-order chi connectivity index (χ0) is 29.5. The van der Waals surface area contributed by atoms with Crippen LogP contribution in [0.3, 0.4) is 0 Å². The first kappa shape index (κ1) is 26.4. The Bertz CT molecular complexity index is 1910. The van der Waals surface area contributed by atoms with Crippen molar-refractivity contribution < 1.29 is 32.3 Å². The molecule has 5 aromatic rings. The van der Waals surface area contributed by atoms with Gasteiger partial charge in [0.1, 0.15) is 0 Å². The van der Waals surface area contributed by atoms with E-state index in [1.54, 1.807) is 0 Å². The molecule has 0 aliphatic heterocycles. The summed E-state index contributed by atoms with van der Waals surface area (Å²) in [6.07, 6.45) is -5.10. The Morgan fingerprint density at radius 2 is 1.80 bits per heavy atom. The molecule has 204 valence electrons. The van der Waals surface area contributed by atoms with Crippen LogP contribution in [0.15, 0.2) is 53.1 Å². The molecule has 18 heteroatoms. The van der Waals surface area contributed by atoms with E-state index in [9.17, 15) is 43.5 Å². The van der Waals surface area contributed by atoms with Gasteiger partial charge in [0.05, 0.1) is 43.7 Å². The fourth-order valence-electron chi connectivity index (χ4n) is 3.99. The number of aromatic amines is 1. The molecule has 2 aromatic heterocycles. The standard InChI is InChI=1S/C23H10F3N9O6/c24-23(25,26)16-6-11(34(37)38)2-3-12(16)13-8-19-15(7-18(13)35(39)40)20(31-41-19)22(36)28-17-4-1-10(9-27)5-14(17)21-29-32-33-30-21/h1-8H,(H,28,36)(H,29,30,32,33). The van der Waals surface area contributed by atoms with Gasteiger partial charge in [-0.3, -0.25) is 25.0 Å². The van der Waals surface area contributed by atoms with Crippen LogP contribution in [0.5, 0.6) is 0 Å². The van der Waals surface area contributed by atoms with Crippen molar-refractivity contribution in [2.75, 3.05) is 5.32 Å². The minimum absolute atomic E-state index is 0.103. The van der Waals surface area contributed by atoms with E-state index in [4.69, 9.17) is 4.52 Å². The Balaban J connectivity index is 1.61. The number of alkyl halides is 3. The molecule has 2 N–H and O–H groups in total. The second kappa shape index (κ2) is 9.81. The normalized spacial score (nSPS) is 11.3. The summed E-state index contributed by atoms with van der Waals surface area (Å²) in [6, 6.07) is 9.57. The number of nitriles is 1. The number of halogens is 3. The van der Waals surface area contributed by atoms with Crippen LogP contribution in [0.25, 0.3) is 33.5 Å². The number of benzene rings is 3. The highest BCUT2D eigenvalue weighted by Crippen LogP contribution is 2.43. The molecule has 0 bridgehead atoms. The molecule has 0 saturated heterocycles. The molecular weight excluding hydrogens is 555 g/mol. The summed E-state index contributed by atoms with van der Waals surface area (Å²) < 4.78 is 46.6. The Morgan fingerprint density at radius 3 is 2.44 bits per heavy atom. The average Bonchev–Trinajstić information content (AvgIpc) is 3.62. The van der Waals surface area contributed by atoms with Gasteiger partial charge in [0, 0.05) is 29.3 Å². The fraction of sp³-hybridized carbons (Fsp3) is 0.0435. The third-order valence-electron chi connectivity index (χ3n) is 5.81. The van der Waals surface area contributed by atoms with E-state index in [0.29, 0.717) is 0 Å². The molecule has 2 heterocycles. The highest BCUT2D eigenvalue weighted by molar-refractivity contribution is 6.12. The Hall–Kier alpha value is -6.25. The number of nitrogens with one attached hydrogen (secondary N) is 2. The molecule has 3 aromatic carbocycles. The minimum atomic E-state index is -5.10. The number of H-pyrrole nitrogens is 1. The molecule has 0 spiro atoms. The van der Waals surface area contributed by atoms with Crippen LogP contribution < -0.4 is 5.32 Å². The molecule has 15 nitrogen and oxygen atoms in total. The van der Waals surface area contributed by atoms with Crippen LogP contribution in [-0.2, 0) is 6.18 Å². The van der Waals surface area contributed by atoms with Crippen molar-refractivity contribution >= 4 is 33.9 Å². The third kappa shape index (κ3) is 4.85. The van der Waals surface area contributed by atoms with Crippen molar-refractivity contribution in [3.8, 4) is 28.6 Å². The van der Waals surface area contributed by atoms with Gasteiger partial charge in [0.25, 0.3) is 17.3 Å². The Labute approximate surface area is 223 Å². The summed E-state index contributed by atoms with van der Waals surface area (Å²) in [6.45, 7) is 0. The van der Waals surface area contributed by atoms with E-state index in [0.717, 1.165) is 24.3 Å². The number of fused-ring (bicyclic) bond motifs is 1. The highest BCUT2D eigenvalue weighted by Gasteiger charge is 2.37. The predicted octanol–water partition coefficient (Wildman–Crippen LogP) is 4.63. The molecule has 0 fully saturated rings. The van der Waals surface area contributed by atoms with E-state index in [1.807, 2.05) is 6.07 Å². The molecule has 0 aliphatic carbocycles. The maximum absolute atomic E-state index is 13.8. The molecular formula is C23H10F3N9O6. The second-order valence-electron chi connectivity index (χ2n) is 8.21. The predicted molar refractivity (Wildman–Crippen MR) is 130 cm³/mol. The number of anilines is 1. The second-order valence-corrected chi connectivity index (χ2v) is 8.21. The molecule has 0 unspecified atom stereocenters. The maximum atomic E-state index is 13.8. The van der Waals surface area contributed by atoms with E-state index in [2.05, 4.69) is 31.1 Å². The summed E-state index contributed by atoms with van der Waals surface area (Å²) in [5.74, 6) is -0.818. The molecule has 41 heavy (non-hydrogen) atoms. The van der Waals surface area contributed by atoms with Gasteiger partial charge in [-0.2, -0.15) is 18.4 Å². The van der Waals surface area contributed by atoms with E-state index in [-0.39, 0.29) is 39.7 Å². The van der Waals surface area contributed by atoms with Gasteiger partial charge in [0.15, 0.2) is 17.1 Å². The summed E-state index contributed by atoms with van der Waals surface area (Å²) >= 11 is 0. The lowest BCUT2D eigenvalue weighted by Gasteiger charge is -2.13. The summed E-state index contributed by atoms with van der Waals surface area (Å²) in [5, 5.41) is 51.3. The van der Waals surface area contributed by atoms with E-state index in [1.165, 1.54) is 18.2 Å². The molecule has 1 amide bonds. The van der Waals surface area contributed by atoms with Gasteiger partial charge in [-0.25, -0.2) is 5.10 Å². The molecule has 0 radical (unpaired) electrons. The lowest BCUT2D eigenvalue weighted by molar-refractivity contribution is -0.385. The number of aromatic nitrogens is 5. The quantitative estimate of drug-likeness (QED) is 0.213. The lowest BCUT2D eigenvalue weighted by Crippen LogP contribution is -2.14. The number of nitrogens with zero attached hydrogens (tertiary/aromatic N) is 7. The number of tetrazole rings is 1. The first-order valence-corrected chi connectivity index (χ1v) is 11.0. The topological polar surface area (TPSA) is 220 Å². The molecule has 5 rings (SSSR count). The van der Waals surface area contributed by atoms with Crippen LogP contribution in [-0.4, -0.2) is 41.5 Å². The number of rotatable bonds is 6. The zero-order valence-corrected chi connectivity index (χ0v) is 19.8. The average molecular weight is 565 g/mol. The third-order valence-corrected chi connectivity index (χ3v) is 5.81. The Morgan fingerprint density at radius 1 is 1.02 bits per heavy atom. The number of non-ortho nitro benzene ring substituents is 1. The number of hydrogen-bond acceptors (Lipinski definition) is 11. The van der Waals surface area contributed by atoms with Crippen LogP contribution in [0.1, 0.15) is 21.6 Å². The molecule has 0 saturated carbocycles. The fourth-order valence-corrected chi connectivity index (χ4v) is 3.99. The van der Waals surface area contributed by atoms with Gasteiger partial charge in [-0.05, 0) is 40.8 Å². The summed E-state index contributed by atoms with van der Waals surface area (Å²) in [5.41, 5.74) is -4.65. The monoisotopic (exact) mass is 565 g/mol. The number of carbonyl (C=O) groups is 1. The van der Waals surface area contributed by atoms with Crippen LogP contribution in [0.4, 0.5) is 30.2 Å². The first-order chi connectivity index (χ1) is 19.5. The van der Waals surface area contributed by atoms with Crippen molar-refractivity contribution in [2.45, 2.75) is 6.18 Å². The van der Waals surface area contributed by atoms with Gasteiger partial charge in [-0.15, -0.1) is 5.10 Å². The van der Waals surface area contributed by atoms with Crippen molar-refractivity contribution in [1.29, 1.82) is 5.26 Å². The molecule has 0 aliphatic rings. The van der Waals surface area contributed by atoms with Crippen LogP contribution >= 0.6 is 0 Å². The minimum Gasteiger partial charge on any atom is -0.355 e. The number of nitro groups is 2. The van der Waals surface area contributed by atoms with E-state index >= 15 is 0 Å². The van der Waals surface area contributed by atoms with E-state index < -0.39 is 55.7 Å². The van der Waals surface area contributed by atoms with Gasteiger partial charge < -0.3 is 9.84 Å². The van der Waals surface area contributed by atoms with Gasteiger partial charge in [0.2, 0.25) is 0 Å².